The van der Waals surface area contributed by atoms with E-state index in [1.165, 1.54) is 5.56 Å². The summed E-state index contributed by atoms with van der Waals surface area (Å²) in [5.41, 5.74) is 7.07. The van der Waals surface area contributed by atoms with E-state index in [9.17, 15) is 4.79 Å². The van der Waals surface area contributed by atoms with E-state index in [0.717, 1.165) is 44.2 Å². The Labute approximate surface area is 225 Å². The van der Waals surface area contributed by atoms with E-state index in [-0.39, 0.29) is 17.1 Å². The average Bonchev–Trinajstić information content (AvgIpc) is 3.66. The quantitative estimate of drug-likeness (QED) is 0.276. The van der Waals surface area contributed by atoms with Gasteiger partial charge in [0.1, 0.15) is 24.7 Å². The Morgan fingerprint density at radius 2 is 1.18 bits per heavy atom. The molecule has 0 spiro atoms. The number of hydrogen-bond acceptors (Lipinski definition) is 6. The van der Waals surface area contributed by atoms with E-state index < -0.39 is 5.41 Å². The number of anilines is 2. The monoisotopic (exact) mass is 520 g/mol. The van der Waals surface area contributed by atoms with E-state index in [0.29, 0.717) is 5.76 Å². The first-order chi connectivity index (χ1) is 18.0. The van der Waals surface area contributed by atoms with E-state index >= 15 is 0 Å². The van der Waals surface area contributed by atoms with Gasteiger partial charge in [0.25, 0.3) is 0 Å². The highest BCUT2D eigenvalue weighted by molar-refractivity contribution is 7.80. The van der Waals surface area contributed by atoms with Gasteiger partial charge in [0.05, 0.1) is 10.4 Å². The molecule has 0 unspecified atom stereocenters. The molecule has 2 aromatic heterocycles. The van der Waals surface area contributed by atoms with Crippen molar-refractivity contribution < 1.29 is 13.6 Å². The van der Waals surface area contributed by atoms with Crippen molar-refractivity contribution in [3.8, 4) is 34.4 Å². The summed E-state index contributed by atoms with van der Waals surface area (Å²) in [6.07, 6.45) is 3.16. The summed E-state index contributed by atoms with van der Waals surface area (Å²) in [6, 6.07) is 19.3. The number of benzene rings is 2. The highest BCUT2D eigenvalue weighted by atomic mass is 32.1. The minimum atomic E-state index is -0.535. The van der Waals surface area contributed by atoms with Gasteiger partial charge in [0.15, 0.2) is 0 Å². The van der Waals surface area contributed by atoms with E-state index in [4.69, 9.17) is 31.6 Å². The molecular formula is C30H24N4O3S. The summed E-state index contributed by atoms with van der Waals surface area (Å²) in [6.45, 7) is 8.00. The number of nitriles is 2. The molecule has 6 rings (SSSR count). The second-order valence-electron chi connectivity index (χ2n) is 10.3. The third-order valence-corrected chi connectivity index (χ3v) is 7.72. The Balaban J connectivity index is 0.000000155. The van der Waals surface area contributed by atoms with Gasteiger partial charge in [-0.15, -0.1) is 0 Å². The van der Waals surface area contributed by atoms with Crippen LogP contribution in [0.4, 0.5) is 11.4 Å². The molecule has 2 N–H and O–H groups in total. The second kappa shape index (κ2) is 9.02. The van der Waals surface area contributed by atoms with Crippen molar-refractivity contribution in [2.45, 2.75) is 38.5 Å². The predicted octanol–water partition coefficient (Wildman–Crippen LogP) is 6.90. The maximum Gasteiger partial charge on any atom is 0.234 e. The third-order valence-electron chi connectivity index (χ3n) is 7.10. The minimum Gasteiger partial charge on any atom is -0.453 e. The molecule has 0 aliphatic carbocycles. The van der Waals surface area contributed by atoms with Crippen molar-refractivity contribution in [2.75, 3.05) is 10.6 Å². The van der Waals surface area contributed by atoms with Gasteiger partial charge in [-0.1, -0.05) is 24.4 Å². The van der Waals surface area contributed by atoms with Crippen LogP contribution in [0.15, 0.2) is 69.9 Å². The largest absolute Gasteiger partial charge is 0.453 e. The summed E-state index contributed by atoms with van der Waals surface area (Å²) in [5.74, 6) is 0.608. The summed E-state index contributed by atoms with van der Waals surface area (Å²) in [5, 5.41) is 23.7. The van der Waals surface area contributed by atoms with Gasteiger partial charge >= 0.3 is 0 Å². The summed E-state index contributed by atoms with van der Waals surface area (Å²) in [4.78, 5) is 12.7. The molecule has 0 saturated heterocycles. The lowest BCUT2D eigenvalue weighted by molar-refractivity contribution is -0.119. The van der Waals surface area contributed by atoms with Gasteiger partial charge in [-0.05, 0) is 74.2 Å². The number of hydrogen-bond donors (Lipinski definition) is 2. The Morgan fingerprint density at radius 3 is 1.66 bits per heavy atom. The average molecular weight is 521 g/mol. The molecule has 0 fully saturated rings. The number of fused-ring (bicyclic) bond motifs is 2. The van der Waals surface area contributed by atoms with Crippen molar-refractivity contribution in [2.24, 2.45) is 0 Å². The zero-order chi connectivity index (χ0) is 27.2. The van der Waals surface area contributed by atoms with Gasteiger partial charge in [0.2, 0.25) is 17.4 Å². The second-order valence-corrected chi connectivity index (χ2v) is 10.7. The lowest BCUT2D eigenvalue weighted by Crippen LogP contribution is -2.26. The van der Waals surface area contributed by atoms with Crippen LogP contribution in [0.5, 0.6) is 0 Å². The van der Waals surface area contributed by atoms with E-state index in [1.54, 1.807) is 24.7 Å². The number of furan rings is 2. The zero-order valence-corrected chi connectivity index (χ0v) is 22.1. The molecule has 8 heteroatoms. The maximum atomic E-state index is 11.9. The molecular weight excluding hydrogens is 496 g/mol. The predicted molar refractivity (Wildman–Crippen MR) is 149 cm³/mol. The Bertz CT molecular complexity index is 1570. The highest BCUT2D eigenvalue weighted by Gasteiger charge is 2.38. The molecule has 4 heterocycles. The van der Waals surface area contributed by atoms with Gasteiger partial charge in [0, 0.05) is 40.0 Å². The lowest BCUT2D eigenvalue weighted by atomic mass is 9.85. The molecule has 2 aromatic carbocycles. The van der Waals surface area contributed by atoms with Crippen molar-refractivity contribution in [3.05, 3.63) is 83.7 Å². The summed E-state index contributed by atoms with van der Waals surface area (Å²) < 4.78 is 10.3. The van der Waals surface area contributed by atoms with Crippen molar-refractivity contribution >= 4 is 34.5 Å². The van der Waals surface area contributed by atoms with Gasteiger partial charge in [-0.2, -0.15) is 10.5 Å². The number of thiocarbonyl (C=S) groups is 1. The van der Waals surface area contributed by atoms with Gasteiger partial charge in [-0.25, -0.2) is 0 Å². The highest BCUT2D eigenvalue weighted by Crippen LogP contribution is 2.41. The minimum absolute atomic E-state index is 0.00422. The fraction of sp³-hybridized carbons (Fsp3) is 0.200. The van der Waals surface area contributed by atoms with Crippen LogP contribution in [0, 0.1) is 22.7 Å². The van der Waals surface area contributed by atoms with Crippen molar-refractivity contribution in [1.82, 2.24) is 0 Å². The molecule has 0 bridgehead atoms. The number of nitrogens with one attached hydrogen (secondary N) is 2. The van der Waals surface area contributed by atoms with Crippen LogP contribution in [-0.4, -0.2) is 10.9 Å². The molecule has 4 aromatic rings. The Hall–Kier alpha value is -4.66. The number of amides is 1. The van der Waals surface area contributed by atoms with Crippen LogP contribution >= 0.6 is 12.2 Å². The first-order valence-corrected chi connectivity index (χ1v) is 12.4. The third kappa shape index (κ3) is 4.15. The summed E-state index contributed by atoms with van der Waals surface area (Å²) in [7, 11) is 0. The SMILES string of the molecule is CC1(C)C(=O)Nc2ccc(-c3coc(C#N)c3)cc21.CC1(C)C(=S)Nc2ccc(-c3coc(C#N)c3)cc21. The first-order valence-electron chi connectivity index (χ1n) is 11.9. The van der Waals surface area contributed by atoms with E-state index in [1.807, 2.05) is 56.3 Å². The maximum absolute atomic E-state index is 11.9. The Kier molecular flexibility index (Phi) is 5.94. The molecule has 0 atom stereocenters. The number of carbonyl (C=O) groups excluding carboxylic acids is 1. The molecule has 188 valence electrons. The zero-order valence-electron chi connectivity index (χ0n) is 21.3. The van der Waals surface area contributed by atoms with Gasteiger partial charge in [-0.3, -0.25) is 4.79 Å². The van der Waals surface area contributed by atoms with Crippen molar-refractivity contribution in [1.29, 1.82) is 10.5 Å². The number of carbonyl (C=O) groups is 1. The number of nitrogens with zero attached hydrogens (tertiary/aromatic N) is 2. The molecule has 1 amide bonds. The lowest BCUT2D eigenvalue weighted by Gasteiger charge is -2.18. The molecule has 0 radical (unpaired) electrons. The fourth-order valence-electron chi connectivity index (χ4n) is 4.59. The standard InChI is InChI=1S/C15H12N2O2.C15H12N2OS/c1-15(2)12-6-9(3-4-13(12)17-14(15)18)10-5-11(7-16)19-8-10;1-15(2)12-6-9(3-4-13(12)17-14(15)19)10-5-11(7-16)18-8-10/h3-6,8H,1-2H3,(H,17,18);3-6,8H,1-2H3,(H,17,19). The van der Waals surface area contributed by atoms with Crippen LogP contribution < -0.4 is 10.6 Å². The van der Waals surface area contributed by atoms with Crippen molar-refractivity contribution in [3.63, 3.8) is 0 Å². The van der Waals surface area contributed by atoms with Crippen LogP contribution in [0.3, 0.4) is 0 Å². The molecule has 0 saturated carbocycles. The number of rotatable bonds is 2. The fourth-order valence-corrected chi connectivity index (χ4v) is 4.81. The molecule has 2 aliphatic rings. The molecule has 38 heavy (non-hydrogen) atoms. The topological polar surface area (TPSA) is 115 Å². The van der Waals surface area contributed by atoms with Crippen LogP contribution in [0.1, 0.15) is 50.3 Å². The first kappa shape index (κ1) is 25.0. The van der Waals surface area contributed by atoms with Crippen LogP contribution in [0.25, 0.3) is 22.3 Å². The molecule has 2 aliphatic heterocycles. The van der Waals surface area contributed by atoms with Crippen LogP contribution in [0.2, 0.25) is 0 Å². The van der Waals surface area contributed by atoms with Gasteiger partial charge < -0.3 is 19.5 Å². The van der Waals surface area contributed by atoms with E-state index in [2.05, 4.69) is 30.5 Å². The normalized spacial score (nSPS) is 15.7. The Morgan fingerprint density at radius 1 is 0.711 bits per heavy atom. The van der Waals surface area contributed by atoms with Crippen LogP contribution in [-0.2, 0) is 15.6 Å². The summed E-state index contributed by atoms with van der Waals surface area (Å²) >= 11 is 5.37. The molecule has 7 nitrogen and oxygen atoms in total. The smallest absolute Gasteiger partial charge is 0.234 e.